The molecule has 3 saturated carbocycles. The van der Waals surface area contributed by atoms with Crippen molar-refractivity contribution in [2.24, 2.45) is 35.5 Å². The summed E-state index contributed by atoms with van der Waals surface area (Å²) in [5.41, 5.74) is 0. The fourth-order valence-corrected chi connectivity index (χ4v) is 6.44. The third kappa shape index (κ3) is 5.01. The molecule has 4 unspecified atom stereocenters. The van der Waals surface area contributed by atoms with Gasteiger partial charge in [-0.15, -0.1) is 0 Å². The number of carbonyl (C=O) groups is 1. The van der Waals surface area contributed by atoms with E-state index in [1.807, 2.05) is 0 Å². The first kappa shape index (κ1) is 22.4. The lowest BCUT2D eigenvalue weighted by Crippen LogP contribution is -2.35. The van der Waals surface area contributed by atoms with Crippen LogP contribution in [0.4, 0.5) is 13.2 Å². The predicted molar refractivity (Wildman–Crippen MR) is 114 cm³/mol. The minimum atomic E-state index is -1.61. The van der Waals surface area contributed by atoms with Crippen LogP contribution in [-0.4, -0.2) is 5.97 Å². The van der Waals surface area contributed by atoms with Gasteiger partial charge >= 0.3 is 5.97 Å². The van der Waals surface area contributed by atoms with Crippen LogP contribution in [0.5, 0.6) is 5.75 Å². The van der Waals surface area contributed by atoms with Crippen LogP contribution in [0.2, 0.25) is 0 Å². The third-order valence-electron chi connectivity index (χ3n) is 8.14. The first-order valence-corrected chi connectivity index (χ1v) is 11.9. The summed E-state index contributed by atoms with van der Waals surface area (Å²) in [6.07, 6.45) is 16.0. The van der Waals surface area contributed by atoms with E-state index in [1.54, 1.807) is 0 Å². The van der Waals surface area contributed by atoms with Crippen molar-refractivity contribution in [3.8, 4) is 5.75 Å². The molecule has 0 bridgehead atoms. The number of ether oxygens (including phenoxy) is 1. The Morgan fingerprint density at radius 2 is 1.45 bits per heavy atom. The minimum Gasteiger partial charge on any atom is -0.423 e. The molecule has 1 aromatic carbocycles. The van der Waals surface area contributed by atoms with E-state index in [4.69, 9.17) is 4.74 Å². The second kappa shape index (κ2) is 9.79. The van der Waals surface area contributed by atoms with Crippen LogP contribution in [0.15, 0.2) is 24.3 Å². The van der Waals surface area contributed by atoms with Gasteiger partial charge in [0.2, 0.25) is 5.82 Å². The van der Waals surface area contributed by atoms with Gasteiger partial charge in [-0.3, -0.25) is 4.79 Å². The molecule has 0 aromatic heterocycles. The van der Waals surface area contributed by atoms with E-state index in [2.05, 4.69) is 19.1 Å². The maximum Gasteiger partial charge on any atom is 0.314 e. The molecule has 2 nitrogen and oxygen atoms in total. The molecule has 4 rings (SSSR count). The van der Waals surface area contributed by atoms with E-state index in [9.17, 15) is 18.0 Å². The zero-order chi connectivity index (χ0) is 22.0. The highest BCUT2D eigenvalue weighted by atomic mass is 19.2. The van der Waals surface area contributed by atoms with Crippen molar-refractivity contribution >= 4 is 5.97 Å². The largest absolute Gasteiger partial charge is 0.423 e. The maximum absolute atomic E-state index is 13.8. The Morgan fingerprint density at radius 1 is 0.839 bits per heavy atom. The van der Waals surface area contributed by atoms with Crippen molar-refractivity contribution < 1.29 is 22.7 Å². The second-order valence-corrected chi connectivity index (χ2v) is 9.90. The molecule has 3 aliphatic rings. The normalized spacial score (nSPS) is 33.8. The lowest BCUT2D eigenvalue weighted by Gasteiger charge is -2.45. The predicted octanol–water partition coefficient (Wildman–Crippen LogP) is 7.22. The molecule has 31 heavy (non-hydrogen) atoms. The van der Waals surface area contributed by atoms with Gasteiger partial charge in [-0.1, -0.05) is 12.2 Å². The molecule has 3 fully saturated rings. The van der Waals surface area contributed by atoms with Crippen molar-refractivity contribution in [2.45, 2.75) is 71.1 Å². The smallest absolute Gasteiger partial charge is 0.314 e. The van der Waals surface area contributed by atoms with Gasteiger partial charge in [-0.2, -0.15) is 4.39 Å². The molecule has 1 aromatic rings. The van der Waals surface area contributed by atoms with Gasteiger partial charge < -0.3 is 4.74 Å². The average Bonchev–Trinajstić information content (AvgIpc) is 2.79. The third-order valence-corrected chi connectivity index (χ3v) is 8.14. The molecule has 0 radical (unpaired) electrons. The first-order chi connectivity index (χ1) is 15.0. The van der Waals surface area contributed by atoms with Crippen molar-refractivity contribution in [2.75, 3.05) is 0 Å². The summed E-state index contributed by atoms with van der Waals surface area (Å²) in [4.78, 5) is 12.5. The Labute approximate surface area is 183 Å². The van der Waals surface area contributed by atoms with Gasteiger partial charge in [0, 0.05) is 0 Å². The number of hydrogen-bond acceptors (Lipinski definition) is 2. The Balaban J connectivity index is 1.26. The lowest BCUT2D eigenvalue weighted by molar-refractivity contribution is -0.140. The van der Waals surface area contributed by atoms with Gasteiger partial charge in [0.25, 0.3) is 0 Å². The SMILES string of the molecule is C/C=C/C1CCC2CC(C3CCC(C(=O)Oc4ccc(F)c(F)c4F)CC3)CCC2C1. The monoisotopic (exact) mass is 434 g/mol. The maximum atomic E-state index is 13.8. The topological polar surface area (TPSA) is 26.3 Å². The second-order valence-electron chi connectivity index (χ2n) is 9.90. The highest BCUT2D eigenvalue weighted by molar-refractivity contribution is 5.75. The molecule has 0 N–H and O–H groups in total. The van der Waals surface area contributed by atoms with Crippen LogP contribution in [-0.2, 0) is 4.79 Å². The zero-order valence-corrected chi connectivity index (χ0v) is 18.3. The van der Waals surface area contributed by atoms with Crippen LogP contribution < -0.4 is 4.74 Å². The Morgan fingerprint density at radius 3 is 2.16 bits per heavy atom. The van der Waals surface area contributed by atoms with Crippen molar-refractivity contribution in [1.82, 2.24) is 0 Å². The Bertz CT molecular complexity index is 813. The molecule has 5 heteroatoms. The standard InChI is InChI=1S/C26H33F3O2/c1-2-3-16-4-5-21-15-20(11-10-19(21)14-16)17-6-8-18(9-7-17)26(30)31-23-13-12-22(27)24(28)25(23)29/h2-3,12-13,16-21H,4-11,14-15H2,1H3/b3-2+. The van der Waals surface area contributed by atoms with E-state index in [1.165, 1.54) is 38.5 Å². The fourth-order valence-electron chi connectivity index (χ4n) is 6.44. The summed E-state index contributed by atoms with van der Waals surface area (Å²) in [6, 6.07) is 1.75. The van der Waals surface area contributed by atoms with Crippen LogP contribution >= 0.6 is 0 Å². The number of rotatable bonds is 4. The van der Waals surface area contributed by atoms with Crippen LogP contribution in [0.3, 0.4) is 0 Å². The molecule has 0 amide bonds. The summed E-state index contributed by atoms with van der Waals surface area (Å²) in [5, 5.41) is 0. The summed E-state index contributed by atoms with van der Waals surface area (Å²) in [6.45, 7) is 2.11. The van der Waals surface area contributed by atoms with Gasteiger partial charge in [-0.05, 0) is 113 Å². The fraction of sp³-hybridized carbons (Fsp3) is 0.654. The van der Waals surface area contributed by atoms with Crippen molar-refractivity contribution in [3.05, 3.63) is 41.7 Å². The molecule has 0 spiro atoms. The molecular weight excluding hydrogens is 401 g/mol. The van der Waals surface area contributed by atoms with E-state index >= 15 is 0 Å². The number of benzene rings is 1. The highest BCUT2D eigenvalue weighted by Gasteiger charge is 2.39. The van der Waals surface area contributed by atoms with E-state index in [0.717, 1.165) is 61.5 Å². The summed E-state index contributed by atoms with van der Waals surface area (Å²) in [7, 11) is 0. The lowest BCUT2D eigenvalue weighted by atomic mass is 9.61. The molecule has 0 heterocycles. The molecule has 170 valence electrons. The van der Waals surface area contributed by atoms with Gasteiger partial charge in [0.15, 0.2) is 17.4 Å². The first-order valence-electron chi connectivity index (χ1n) is 11.9. The van der Waals surface area contributed by atoms with Crippen LogP contribution in [0.25, 0.3) is 0 Å². The molecule has 4 atom stereocenters. The van der Waals surface area contributed by atoms with Gasteiger partial charge in [0.05, 0.1) is 5.92 Å². The molecular formula is C26H33F3O2. The van der Waals surface area contributed by atoms with Crippen LogP contribution in [0, 0.1) is 53.0 Å². The molecule has 0 saturated heterocycles. The summed E-state index contributed by atoms with van der Waals surface area (Å²) >= 11 is 0. The Kier molecular flexibility index (Phi) is 7.08. The molecule has 0 aliphatic heterocycles. The van der Waals surface area contributed by atoms with E-state index in [-0.39, 0.29) is 5.92 Å². The van der Waals surface area contributed by atoms with Crippen LogP contribution in [0.1, 0.15) is 71.1 Å². The number of carbonyl (C=O) groups excluding carboxylic acids is 1. The van der Waals surface area contributed by atoms with Crippen molar-refractivity contribution in [1.29, 1.82) is 0 Å². The minimum absolute atomic E-state index is 0.295. The van der Waals surface area contributed by atoms with Gasteiger partial charge in [-0.25, -0.2) is 8.78 Å². The number of allylic oxidation sites excluding steroid dienone is 2. The van der Waals surface area contributed by atoms with E-state index < -0.39 is 29.2 Å². The summed E-state index contributed by atoms with van der Waals surface area (Å²) < 4.78 is 45.3. The highest BCUT2D eigenvalue weighted by Crippen LogP contribution is 2.49. The number of hydrogen-bond donors (Lipinski definition) is 0. The van der Waals surface area contributed by atoms with Crippen molar-refractivity contribution in [3.63, 3.8) is 0 Å². The Hall–Kier alpha value is -1.78. The average molecular weight is 435 g/mol. The number of halogens is 3. The van der Waals surface area contributed by atoms with Gasteiger partial charge in [0.1, 0.15) is 0 Å². The number of esters is 1. The quantitative estimate of drug-likeness (QED) is 0.216. The summed E-state index contributed by atoms with van der Waals surface area (Å²) in [5.74, 6) is -1.79. The molecule has 3 aliphatic carbocycles. The van der Waals surface area contributed by atoms with E-state index in [0.29, 0.717) is 5.92 Å². The number of fused-ring (bicyclic) bond motifs is 1. The zero-order valence-electron chi connectivity index (χ0n) is 18.3.